The van der Waals surface area contributed by atoms with Crippen LogP contribution in [0, 0.1) is 23.2 Å². The van der Waals surface area contributed by atoms with Crippen LogP contribution in [0.2, 0.25) is 0 Å². The first-order valence-corrected chi connectivity index (χ1v) is 8.23. The molecule has 1 aliphatic heterocycles. The lowest BCUT2D eigenvalue weighted by molar-refractivity contribution is -0.0923. The maximum Gasteiger partial charge on any atom is 0.0153 e. The Kier molecular flexibility index (Phi) is 2.74. The molecule has 0 radical (unpaired) electrons. The summed E-state index contributed by atoms with van der Waals surface area (Å²) in [6.45, 7) is 3.32. The van der Waals surface area contributed by atoms with Crippen LogP contribution in [0.1, 0.15) is 51.4 Å². The van der Waals surface area contributed by atoms with E-state index in [-0.39, 0.29) is 0 Å². The summed E-state index contributed by atoms with van der Waals surface area (Å²) in [6.07, 6.45) is 12.3. The van der Waals surface area contributed by atoms with Crippen molar-refractivity contribution in [3.63, 3.8) is 0 Å². The first kappa shape index (κ1) is 11.7. The third kappa shape index (κ3) is 1.68. The normalized spacial score (nSPS) is 51.2. The van der Waals surface area contributed by atoms with Crippen molar-refractivity contribution < 1.29 is 0 Å². The van der Waals surface area contributed by atoms with Crippen LogP contribution in [0.4, 0.5) is 0 Å². The van der Waals surface area contributed by atoms with Crippen LogP contribution < -0.4 is 5.73 Å². The van der Waals surface area contributed by atoms with E-state index < -0.39 is 0 Å². The zero-order valence-corrected chi connectivity index (χ0v) is 11.6. The number of hydrogen-bond acceptors (Lipinski definition) is 2. The van der Waals surface area contributed by atoms with Gasteiger partial charge >= 0.3 is 0 Å². The quantitative estimate of drug-likeness (QED) is 0.832. The molecule has 0 spiro atoms. The van der Waals surface area contributed by atoms with Gasteiger partial charge in [-0.25, -0.2) is 0 Å². The summed E-state index contributed by atoms with van der Waals surface area (Å²) in [5, 5.41) is 0. The minimum absolute atomic E-state index is 0.723. The van der Waals surface area contributed by atoms with E-state index in [0.717, 1.165) is 42.3 Å². The summed E-state index contributed by atoms with van der Waals surface area (Å²) in [4.78, 5) is 2.76. The van der Waals surface area contributed by atoms with E-state index in [1.165, 1.54) is 19.4 Å². The third-order valence-corrected chi connectivity index (χ3v) is 6.57. The van der Waals surface area contributed by atoms with Gasteiger partial charge in [0.1, 0.15) is 0 Å². The van der Waals surface area contributed by atoms with Gasteiger partial charge in [-0.15, -0.1) is 0 Å². The second-order valence-corrected chi connectivity index (χ2v) is 7.76. The lowest BCUT2D eigenvalue weighted by atomic mass is 9.47. The first-order chi connectivity index (χ1) is 8.79. The Morgan fingerprint density at radius 2 is 1.61 bits per heavy atom. The van der Waals surface area contributed by atoms with Crippen LogP contribution in [0.3, 0.4) is 0 Å². The van der Waals surface area contributed by atoms with E-state index >= 15 is 0 Å². The van der Waals surface area contributed by atoms with Gasteiger partial charge in [-0.05, 0) is 81.1 Å². The molecular formula is C16H28N2. The zero-order valence-electron chi connectivity index (χ0n) is 11.6. The van der Waals surface area contributed by atoms with Gasteiger partial charge in [0.15, 0.2) is 0 Å². The summed E-state index contributed by atoms with van der Waals surface area (Å²) in [5.41, 5.74) is 6.54. The molecule has 0 amide bonds. The van der Waals surface area contributed by atoms with Gasteiger partial charge in [-0.2, -0.15) is 0 Å². The number of hydrogen-bond donors (Lipinski definition) is 1. The maximum absolute atomic E-state index is 5.82. The van der Waals surface area contributed by atoms with Crippen molar-refractivity contribution in [3.05, 3.63) is 0 Å². The SMILES string of the molecule is NCCN1CCCC1C12CC3CC(CC(C3)C1)C2. The van der Waals surface area contributed by atoms with E-state index in [9.17, 15) is 0 Å². The topological polar surface area (TPSA) is 29.3 Å². The second-order valence-electron chi connectivity index (χ2n) is 7.76. The molecule has 0 aromatic carbocycles. The molecule has 5 fully saturated rings. The summed E-state index contributed by atoms with van der Waals surface area (Å²) in [6, 6.07) is 0.898. The highest BCUT2D eigenvalue weighted by Gasteiger charge is 2.55. The minimum Gasteiger partial charge on any atom is -0.329 e. The second kappa shape index (κ2) is 4.21. The van der Waals surface area contributed by atoms with Crippen LogP contribution in [0.25, 0.3) is 0 Å². The molecule has 0 aromatic rings. The highest BCUT2D eigenvalue weighted by atomic mass is 15.2. The van der Waals surface area contributed by atoms with Gasteiger partial charge in [-0.1, -0.05) is 0 Å². The molecule has 5 rings (SSSR count). The average Bonchev–Trinajstić information content (AvgIpc) is 2.76. The van der Waals surface area contributed by atoms with Crippen molar-refractivity contribution in [2.75, 3.05) is 19.6 Å². The zero-order chi connectivity index (χ0) is 12.2. The molecule has 1 saturated heterocycles. The Labute approximate surface area is 111 Å². The monoisotopic (exact) mass is 248 g/mol. The lowest BCUT2D eigenvalue weighted by Crippen LogP contribution is -2.55. The van der Waals surface area contributed by atoms with Crippen molar-refractivity contribution in [3.8, 4) is 0 Å². The summed E-state index contributed by atoms with van der Waals surface area (Å²) in [5.74, 6) is 3.28. The number of nitrogens with two attached hydrogens (primary N) is 1. The van der Waals surface area contributed by atoms with Crippen molar-refractivity contribution in [2.45, 2.75) is 57.4 Å². The van der Waals surface area contributed by atoms with E-state index in [1.54, 1.807) is 38.5 Å². The average molecular weight is 248 g/mol. The third-order valence-electron chi connectivity index (χ3n) is 6.57. The van der Waals surface area contributed by atoms with E-state index in [4.69, 9.17) is 5.73 Å². The number of nitrogens with zero attached hydrogens (tertiary/aromatic N) is 1. The van der Waals surface area contributed by atoms with Crippen molar-refractivity contribution >= 4 is 0 Å². The predicted octanol–water partition coefficient (Wildman–Crippen LogP) is 2.63. The molecule has 1 atom stereocenters. The van der Waals surface area contributed by atoms with Gasteiger partial charge in [0.05, 0.1) is 0 Å². The van der Waals surface area contributed by atoms with Crippen LogP contribution in [-0.4, -0.2) is 30.6 Å². The molecule has 2 nitrogen and oxygen atoms in total. The molecule has 1 heterocycles. The highest BCUT2D eigenvalue weighted by molar-refractivity contribution is 5.07. The Morgan fingerprint density at radius 1 is 1.00 bits per heavy atom. The Bertz CT molecular complexity index is 290. The Hall–Kier alpha value is -0.0800. The summed E-state index contributed by atoms with van der Waals surface area (Å²) < 4.78 is 0. The molecule has 5 aliphatic rings. The van der Waals surface area contributed by atoms with Crippen LogP contribution in [-0.2, 0) is 0 Å². The van der Waals surface area contributed by atoms with Gasteiger partial charge in [-0.3, -0.25) is 4.90 Å². The fraction of sp³-hybridized carbons (Fsp3) is 1.00. The fourth-order valence-corrected chi connectivity index (χ4v) is 6.54. The van der Waals surface area contributed by atoms with Gasteiger partial charge in [0, 0.05) is 19.1 Å². The Morgan fingerprint density at radius 3 is 2.17 bits per heavy atom. The molecule has 4 saturated carbocycles. The minimum atomic E-state index is 0.723. The van der Waals surface area contributed by atoms with Crippen molar-refractivity contribution in [1.82, 2.24) is 4.90 Å². The standard InChI is InChI=1S/C16H28N2/c17-3-5-18-4-1-2-15(18)16-9-12-6-13(10-16)8-14(7-12)11-16/h12-15H,1-11,17H2. The molecular weight excluding hydrogens is 220 g/mol. The van der Waals surface area contributed by atoms with Gasteiger partial charge < -0.3 is 5.73 Å². The maximum atomic E-state index is 5.82. The molecule has 18 heavy (non-hydrogen) atoms. The number of rotatable bonds is 3. The molecule has 2 N–H and O–H groups in total. The Balaban J connectivity index is 1.59. The highest BCUT2D eigenvalue weighted by Crippen LogP contribution is 2.62. The smallest absolute Gasteiger partial charge is 0.0153 e. The molecule has 0 aromatic heterocycles. The molecule has 4 aliphatic carbocycles. The van der Waals surface area contributed by atoms with Gasteiger partial charge in [0.2, 0.25) is 0 Å². The first-order valence-electron chi connectivity index (χ1n) is 8.23. The molecule has 1 unspecified atom stereocenters. The van der Waals surface area contributed by atoms with E-state index in [0.29, 0.717) is 0 Å². The fourth-order valence-electron chi connectivity index (χ4n) is 6.54. The van der Waals surface area contributed by atoms with Crippen LogP contribution in [0.15, 0.2) is 0 Å². The van der Waals surface area contributed by atoms with Crippen LogP contribution >= 0.6 is 0 Å². The predicted molar refractivity (Wildman–Crippen MR) is 74.3 cm³/mol. The molecule has 2 heteroatoms. The van der Waals surface area contributed by atoms with Crippen molar-refractivity contribution in [1.29, 1.82) is 0 Å². The summed E-state index contributed by atoms with van der Waals surface area (Å²) in [7, 11) is 0. The lowest BCUT2D eigenvalue weighted by Gasteiger charge is -2.60. The molecule has 102 valence electrons. The van der Waals surface area contributed by atoms with E-state index in [2.05, 4.69) is 4.90 Å². The van der Waals surface area contributed by atoms with Crippen LogP contribution in [0.5, 0.6) is 0 Å². The van der Waals surface area contributed by atoms with E-state index in [1.807, 2.05) is 0 Å². The number of likely N-dealkylation sites (tertiary alicyclic amines) is 1. The van der Waals surface area contributed by atoms with Gasteiger partial charge in [0.25, 0.3) is 0 Å². The molecule has 4 bridgehead atoms. The summed E-state index contributed by atoms with van der Waals surface area (Å²) >= 11 is 0. The largest absolute Gasteiger partial charge is 0.329 e. The van der Waals surface area contributed by atoms with Crippen molar-refractivity contribution in [2.24, 2.45) is 28.9 Å².